The quantitative estimate of drug-likeness (QED) is 0.280. The van der Waals surface area contributed by atoms with Crippen molar-refractivity contribution in [3.63, 3.8) is 0 Å². The summed E-state index contributed by atoms with van der Waals surface area (Å²) in [5, 5.41) is 10.8. The summed E-state index contributed by atoms with van der Waals surface area (Å²) in [5.41, 5.74) is 1.86. The van der Waals surface area contributed by atoms with Crippen LogP contribution in [0.3, 0.4) is 0 Å². The number of benzene rings is 2. The number of ether oxygens (including phenoxy) is 1. The highest BCUT2D eigenvalue weighted by Crippen LogP contribution is 2.22. The van der Waals surface area contributed by atoms with Crippen molar-refractivity contribution in [1.82, 2.24) is 4.98 Å². The third-order valence-electron chi connectivity index (χ3n) is 3.76. The van der Waals surface area contributed by atoms with E-state index in [4.69, 9.17) is 9.15 Å². The maximum atomic E-state index is 11.9. The van der Waals surface area contributed by atoms with Crippen molar-refractivity contribution < 1.29 is 18.9 Å². The van der Waals surface area contributed by atoms with Gasteiger partial charge in [0.25, 0.3) is 5.69 Å². The van der Waals surface area contributed by atoms with E-state index in [0.29, 0.717) is 22.9 Å². The predicted octanol–water partition coefficient (Wildman–Crippen LogP) is 4.31. The molecule has 0 saturated carbocycles. The summed E-state index contributed by atoms with van der Waals surface area (Å²) in [5.74, 6) is 0.459. The molecule has 0 atom stereocenters. The normalized spacial score (nSPS) is 10.9. The molecule has 0 unspecified atom stereocenters. The highest BCUT2D eigenvalue weighted by molar-refractivity contribution is 5.87. The first kappa shape index (κ1) is 18.1. The van der Waals surface area contributed by atoms with Crippen LogP contribution in [0.2, 0.25) is 0 Å². The van der Waals surface area contributed by atoms with Crippen molar-refractivity contribution in [1.29, 1.82) is 0 Å². The van der Waals surface area contributed by atoms with Gasteiger partial charge in [-0.15, -0.1) is 0 Å². The molecule has 0 bridgehead atoms. The highest BCUT2D eigenvalue weighted by atomic mass is 16.6. The number of aryl methyl sites for hydroxylation is 1. The van der Waals surface area contributed by atoms with Gasteiger partial charge in [0, 0.05) is 23.8 Å². The zero-order valence-electron chi connectivity index (χ0n) is 14.5. The molecule has 136 valence electrons. The fraction of sp³-hybridized carbons (Fsp3) is 0.100. The van der Waals surface area contributed by atoms with Gasteiger partial charge in [-0.3, -0.25) is 10.1 Å². The molecule has 0 aliphatic carbocycles. The maximum Gasteiger partial charge on any atom is 0.331 e. The number of rotatable bonds is 6. The first-order chi connectivity index (χ1) is 13.0. The molecule has 0 aliphatic heterocycles. The largest absolute Gasteiger partial charge is 0.456 e. The van der Waals surface area contributed by atoms with Gasteiger partial charge in [0.1, 0.15) is 18.1 Å². The number of oxazole rings is 1. The second-order valence-electron chi connectivity index (χ2n) is 5.68. The minimum absolute atomic E-state index is 0.0275. The molecule has 0 radical (unpaired) electrons. The van der Waals surface area contributed by atoms with Crippen LogP contribution in [0.4, 0.5) is 5.69 Å². The van der Waals surface area contributed by atoms with Gasteiger partial charge in [0.2, 0.25) is 5.89 Å². The van der Waals surface area contributed by atoms with E-state index in [1.165, 1.54) is 24.3 Å². The average Bonchev–Trinajstić information content (AvgIpc) is 3.06. The Kier molecular flexibility index (Phi) is 5.41. The molecule has 0 spiro atoms. The smallest absolute Gasteiger partial charge is 0.331 e. The Bertz CT molecular complexity index is 993. The van der Waals surface area contributed by atoms with Gasteiger partial charge in [-0.1, -0.05) is 30.3 Å². The number of non-ortho nitro benzene ring substituents is 1. The zero-order chi connectivity index (χ0) is 19.2. The van der Waals surface area contributed by atoms with Crippen molar-refractivity contribution >= 4 is 17.7 Å². The van der Waals surface area contributed by atoms with E-state index in [-0.39, 0.29) is 12.3 Å². The molecule has 3 aromatic rings. The molecule has 7 heteroatoms. The van der Waals surface area contributed by atoms with Crippen LogP contribution in [0, 0.1) is 17.0 Å². The Morgan fingerprint density at radius 1 is 1.22 bits per heavy atom. The first-order valence-electron chi connectivity index (χ1n) is 8.14. The van der Waals surface area contributed by atoms with E-state index < -0.39 is 10.9 Å². The topological polar surface area (TPSA) is 95.5 Å². The number of esters is 1. The van der Waals surface area contributed by atoms with Crippen LogP contribution in [0.25, 0.3) is 17.5 Å². The Morgan fingerprint density at radius 2 is 2.00 bits per heavy atom. The van der Waals surface area contributed by atoms with Gasteiger partial charge in [-0.25, -0.2) is 9.78 Å². The molecular weight excluding hydrogens is 348 g/mol. The summed E-state index contributed by atoms with van der Waals surface area (Å²) in [4.78, 5) is 26.5. The Morgan fingerprint density at radius 3 is 2.74 bits per heavy atom. The van der Waals surface area contributed by atoms with E-state index in [1.54, 1.807) is 19.1 Å². The van der Waals surface area contributed by atoms with Crippen LogP contribution in [-0.4, -0.2) is 15.9 Å². The van der Waals surface area contributed by atoms with Crippen LogP contribution in [0.5, 0.6) is 0 Å². The Hall–Kier alpha value is -3.74. The minimum Gasteiger partial charge on any atom is -0.456 e. The Balaban J connectivity index is 1.62. The number of nitro benzene ring substituents is 1. The van der Waals surface area contributed by atoms with Crippen LogP contribution < -0.4 is 0 Å². The summed E-state index contributed by atoms with van der Waals surface area (Å²) >= 11 is 0. The summed E-state index contributed by atoms with van der Waals surface area (Å²) in [7, 11) is 0. The third-order valence-corrected chi connectivity index (χ3v) is 3.76. The molecular formula is C20H16N2O5. The minimum atomic E-state index is -0.579. The molecule has 27 heavy (non-hydrogen) atoms. The average molecular weight is 364 g/mol. The standard InChI is InChI=1S/C20H16N2O5/c1-14-18(21-20(27-14)16-7-3-2-4-8-16)13-26-19(23)11-10-15-6-5-9-17(12-15)22(24)25/h2-12H,13H2,1H3/b11-10+. The van der Waals surface area contributed by atoms with Crippen LogP contribution >= 0.6 is 0 Å². The number of nitrogens with zero attached hydrogens (tertiary/aromatic N) is 2. The molecule has 1 heterocycles. The van der Waals surface area contributed by atoms with Gasteiger partial charge in [0.05, 0.1) is 4.92 Å². The summed E-state index contributed by atoms with van der Waals surface area (Å²) in [6, 6.07) is 15.4. The van der Waals surface area contributed by atoms with Crippen molar-refractivity contribution in [3.8, 4) is 11.5 Å². The van der Waals surface area contributed by atoms with E-state index in [1.807, 2.05) is 30.3 Å². The lowest BCUT2D eigenvalue weighted by Gasteiger charge is -1.99. The lowest BCUT2D eigenvalue weighted by Crippen LogP contribution is -2.02. The van der Waals surface area contributed by atoms with Gasteiger partial charge in [-0.05, 0) is 30.7 Å². The number of carbonyl (C=O) groups excluding carboxylic acids is 1. The van der Waals surface area contributed by atoms with Crippen LogP contribution in [0.15, 0.2) is 65.1 Å². The van der Waals surface area contributed by atoms with Crippen molar-refractivity contribution in [2.75, 3.05) is 0 Å². The highest BCUT2D eigenvalue weighted by Gasteiger charge is 2.12. The van der Waals surface area contributed by atoms with E-state index in [2.05, 4.69) is 4.98 Å². The van der Waals surface area contributed by atoms with Crippen LogP contribution in [-0.2, 0) is 16.1 Å². The fourth-order valence-corrected chi connectivity index (χ4v) is 2.36. The predicted molar refractivity (Wildman–Crippen MR) is 98.6 cm³/mol. The van der Waals surface area contributed by atoms with E-state index in [9.17, 15) is 14.9 Å². The SMILES string of the molecule is Cc1oc(-c2ccccc2)nc1COC(=O)/C=C/c1cccc([N+](=O)[O-])c1. The van der Waals surface area contributed by atoms with E-state index in [0.717, 1.165) is 5.56 Å². The second kappa shape index (κ2) is 8.09. The van der Waals surface area contributed by atoms with Gasteiger partial charge >= 0.3 is 5.97 Å². The number of nitro groups is 1. The van der Waals surface area contributed by atoms with Crippen molar-refractivity contribution in [2.24, 2.45) is 0 Å². The molecule has 0 fully saturated rings. The molecule has 0 amide bonds. The lowest BCUT2D eigenvalue weighted by molar-refractivity contribution is -0.384. The number of carbonyl (C=O) groups is 1. The molecule has 3 rings (SSSR count). The zero-order valence-corrected chi connectivity index (χ0v) is 14.5. The molecule has 1 aromatic heterocycles. The number of hydrogen-bond donors (Lipinski definition) is 0. The van der Waals surface area contributed by atoms with Gasteiger partial charge < -0.3 is 9.15 Å². The van der Waals surface area contributed by atoms with Crippen molar-refractivity contribution in [3.05, 3.63) is 87.8 Å². The summed E-state index contributed by atoms with van der Waals surface area (Å²) in [6.07, 6.45) is 2.67. The lowest BCUT2D eigenvalue weighted by atomic mass is 10.2. The number of aromatic nitrogens is 1. The molecule has 2 aromatic carbocycles. The van der Waals surface area contributed by atoms with E-state index >= 15 is 0 Å². The number of hydrogen-bond acceptors (Lipinski definition) is 6. The van der Waals surface area contributed by atoms with Gasteiger partial charge in [-0.2, -0.15) is 0 Å². The summed E-state index contributed by atoms with van der Waals surface area (Å²) < 4.78 is 10.8. The van der Waals surface area contributed by atoms with Gasteiger partial charge in [0.15, 0.2) is 0 Å². The Labute approximate surface area is 155 Å². The molecule has 0 N–H and O–H groups in total. The van der Waals surface area contributed by atoms with Crippen molar-refractivity contribution in [2.45, 2.75) is 13.5 Å². The first-order valence-corrected chi connectivity index (χ1v) is 8.14. The molecule has 7 nitrogen and oxygen atoms in total. The second-order valence-corrected chi connectivity index (χ2v) is 5.68. The van der Waals surface area contributed by atoms with Crippen LogP contribution in [0.1, 0.15) is 17.0 Å². The maximum absolute atomic E-state index is 11.9. The molecule has 0 aliphatic rings. The molecule has 0 saturated heterocycles. The monoisotopic (exact) mass is 364 g/mol. The summed E-state index contributed by atoms with van der Waals surface area (Å²) in [6.45, 7) is 1.72. The fourth-order valence-electron chi connectivity index (χ4n) is 2.36. The third kappa shape index (κ3) is 4.66.